The highest BCUT2D eigenvalue weighted by atomic mass is 79.9. The molecule has 0 aliphatic carbocycles. The van der Waals surface area contributed by atoms with Crippen LogP contribution in [0, 0.1) is 0 Å². The Kier molecular flexibility index (Phi) is 6.67. The van der Waals surface area contributed by atoms with Gasteiger partial charge < -0.3 is 4.74 Å². The minimum Gasteiger partial charge on any atom is -0.378 e. The second-order valence-corrected chi connectivity index (χ2v) is 6.46. The number of halogens is 1. The predicted molar refractivity (Wildman–Crippen MR) is 88.0 cm³/mol. The molecule has 21 heavy (non-hydrogen) atoms. The van der Waals surface area contributed by atoms with Gasteiger partial charge in [-0.25, -0.2) is 0 Å². The van der Waals surface area contributed by atoms with Crippen molar-refractivity contribution in [1.82, 2.24) is 15.2 Å². The summed E-state index contributed by atoms with van der Waals surface area (Å²) in [5.74, 6) is 5.77. The second kappa shape index (κ2) is 8.27. The average molecular weight is 359 g/mol. The topological polar surface area (TPSA) is 65.1 Å². The zero-order valence-electron chi connectivity index (χ0n) is 13.1. The van der Waals surface area contributed by atoms with E-state index in [2.05, 4.69) is 45.0 Å². The van der Waals surface area contributed by atoms with Crippen LogP contribution < -0.4 is 11.3 Å². The molecule has 120 valence electrons. The number of aryl methyl sites for hydroxylation is 2. The number of hydrazine groups is 1. The zero-order valence-corrected chi connectivity index (χ0v) is 14.7. The molecule has 6 heteroatoms. The molecule has 3 N–H and O–H groups in total. The van der Waals surface area contributed by atoms with E-state index < -0.39 is 0 Å². The molecule has 1 aliphatic heterocycles. The number of rotatable bonds is 7. The average Bonchev–Trinajstić information content (AvgIpc) is 2.83. The van der Waals surface area contributed by atoms with Gasteiger partial charge in [-0.05, 0) is 55.0 Å². The van der Waals surface area contributed by atoms with Gasteiger partial charge in [0.05, 0.1) is 22.0 Å². The molecule has 2 atom stereocenters. The Balaban J connectivity index is 2.05. The molecule has 1 saturated heterocycles. The summed E-state index contributed by atoms with van der Waals surface area (Å²) in [6.07, 6.45) is 6.70. The first-order valence-corrected chi connectivity index (χ1v) is 8.80. The SMILES string of the molecule is CCc1nn(CC)c(CC(CC2CCCCO2)NN)c1Br. The van der Waals surface area contributed by atoms with E-state index in [4.69, 9.17) is 10.6 Å². The van der Waals surface area contributed by atoms with Gasteiger partial charge >= 0.3 is 0 Å². The van der Waals surface area contributed by atoms with E-state index in [0.717, 1.165) is 49.0 Å². The van der Waals surface area contributed by atoms with Gasteiger partial charge in [-0.15, -0.1) is 0 Å². The van der Waals surface area contributed by atoms with Gasteiger partial charge in [-0.1, -0.05) is 6.92 Å². The lowest BCUT2D eigenvalue weighted by Crippen LogP contribution is -2.41. The van der Waals surface area contributed by atoms with E-state index in [1.165, 1.54) is 18.5 Å². The summed E-state index contributed by atoms with van der Waals surface area (Å²) >= 11 is 3.70. The fourth-order valence-corrected chi connectivity index (χ4v) is 3.69. The maximum absolute atomic E-state index is 5.83. The molecule has 1 aliphatic rings. The van der Waals surface area contributed by atoms with Gasteiger partial charge in [0.2, 0.25) is 0 Å². The first-order valence-electron chi connectivity index (χ1n) is 8.01. The molecule has 0 amide bonds. The number of nitrogens with zero attached hydrogens (tertiary/aromatic N) is 2. The molecular weight excluding hydrogens is 332 g/mol. The van der Waals surface area contributed by atoms with Gasteiger partial charge in [0.15, 0.2) is 0 Å². The van der Waals surface area contributed by atoms with Crippen LogP contribution >= 0.6 is 15.9 Å². The summed E-state index contributed by atoms with van der Waals surface area (Å²) in [5.41, 5.74) is 5.31. The van der Waals surface area contributed by atoms with Crippen molar-refractivity contribution in [3.05, 3.63) is 15.9 Å². The van der Waals surface area contributed by atoms with E-state index in [-0.39, 0.29) is 6.04 Å². The van der Waals surface area contributed by atoms with Crippen molar-refractivity contribution in [2.24, 2.45) is 5.84 Å². The van der Waals surface area contributed by atoms with E-state index in [1.54, 1.807) is 0 Å². The molecule has 0 radical (unpaired) electrons. The van der Waals surface area contributed by atoms with Crippen LogP contribution in [0.3, 0.4) is 0 Å². The maximum Gasteiger partial charge on any atom is 0.0766 e. The van der Waals surface area contributed by atoms with Crippen molar-refractivity contribution < 1.29 is 4.74 Å². The van der Waals surface area contributed by atoms with E-state index in [9.17, 15) is 0 Å². The van der Waals surface area contributed by atoms with Crippen molar-refractivity contribution in [1.29, 1.82) is 0 Å². The van der Waals surface area contributed by atoms with Crippen LogP contribution in [0.25, 0.3) is 0 Å². The van der Waals surface area contributed by atoms with Crippen molar-refractivity contribution in [3.8, 4) is 0 Å². The number of hydrogen-bond acceptors (Lipinski definition) is 4. The molecule has 2 rings (SSSR count). The van der Waals surface area contributed by atoms with E-state index >= 15 is 0 Å². The smallest absolute Gasteiger partial charge is 0.0766 e. The monoisotopic (exact) mass is 358 g/mol. The number of aromatic nitrogens is 2. The van der Waals surface area contributed by atoms with E-state index in [1.807, 2.05) is 0 Å². The number of ether oxygens (including phenoxy) is 1. The van der Waals surface area contributed by atoms with Crippen LogP contribution in [-0.4, -0.2) is 28.5 Å². The lowest BCUT2D eigenvalue weighted by molar-refractivity contribution is 0.00512. The van der Waals surface area contributed by atoms with Crippen molar-refractivity contribution in [3.63, 3.8) is 0 Å². The number of hydrogen-bond donors (Lipinski definition) is 2. The molecule has 2 heterocycles. The lowest BCUT2D eigenvalue weighted by atomic mass is 9.99. The predicted octanol–water partition coefficient (Wildman–Crippen LogP) is 2.56. The molecule has 0 bridgehead atoms. The van der Waals surface area contributed by atoms with Gasteiger partial charge in [-0.3, -0.25) is 16.0 Å². The Morgan fingerprint density at radius 2 is 2.29 bits per heavy atom. The summed E-state index contributed by atoms with van der Waals surface area (Å²) in [5, 5.41) is 4.65. The molecule has 1 aromatic heterocycles. The summed E-state index contributed by atoms with van der Waals surface area (Å²) < 4.78 is 9.05. The molecule has 2 unspecified atom stereocenters. The first kappa shape index (κ1) is 16.9. The van der Waals surface area contributed by atoms with Crippen LogP contribution in [0.4, 0.5) is 0 Å². The van der Waals surface area contributed by atoms with Crippen molar-refractivity contribution >= 4 is 15.9 Å². The summed E-state index contributed by atoms with van der Waals surface area (Å²) in [4.78, 5) is 0. The highest BCUT2D eigenvalue weighted by Crippen LogP contribution is 2.25. The largest absolute Gasteiger partial charge is 0.378 e. The van der Waals surface area contributed by atoms with Crippen LogP contribution in [0.1, 0.15) is 50.9 Å². The zero-order chi connectivity index (χ0) is 15.2. The van der Waals surface area contributed by atoms with Gasteiger partial charge in [0, 0.05) is 25.6 Å². The first-order chi connectivity index (χ1) is 10.2. The van der Waals surface area contributed by atoms with Gasteiger partial charge in [0.25, 0.3) is 0 Å². The van der Waals surface area contributed by atoms with Crippen LogP contribution in [0.2, 0.25) is 0 Å². The summed E-state index contributed by atoms with van der Waals surface area (Å²) in [6.45, 7) is 6.02. The highest BCUT2D eigenvalue weighted by molar-refractivity contribution is 9.10. The molecule has 0 aromatic carbocycles. The minimum absolute atomic E-state index is 0.219. The number of nitrogens with one attached hydrogen (secondary N) is 1. The Labute approximate surface area is 135 Å². The molecule has 0 saturated carbocycles. The molecule has 1 aromatic rings. The van der Waals surface area contributed by atoms with Crippen LogP contribution in [0.15, 0.2) is 4.47 Å². The highest BCUT2D eigenvalue weighted by Gasteiger charge is 2.22. The fourth-order valence-electron chi connectivity index (χ4n) is 2.97. The third kappa shape index (κ3) is 4.28. The summed E-state index contributed by atoms with van der Waals surface area (Å²) in [7, 11) is 0. The standard InChI is InChI=1S/C15H27BrN4O/c1-3-13-15(16)14(20(4-2)19-13)10-11(18-17)9-12-7-5-6-8-21-12/h11-12,18H,3-10,17H2,1-2H3. The van der Waals surface area contributed by atoms with Gasteiger partial charge in [0.1, 0.15) is 0 Å². The lowest BCUT2D eigenvalue weighted by Gasteiger charge is -2.26. The third-order valence-electron chi connectivity index (χ3n) is 4.19. The Morgan fingerprint density at radius 3 is 2.86 bits per heavy atom. The maximum atomic E-state index is 5.83. The minimum atomic E-state index is 0.219. The molecule has 5 nitrogen and oxygen atoms in total. The Hall–Kier alpha value is -0.430. The fraction of sp³-hybridized carbons (Fsp3) is 0.800. The van der Waals surface area contributed by atoms with Gasteiger partial charge in [-0.2, -0.15) is 5.10 Å². The quantitative estimate of drug-likeness (QED) is 0.580. The van der Waals surface area contributed by atoms with Crippen molar-refractivity contribution in [2.75, 3.05) is 6.61 Å². The molecular formula is C15H27BrN4O. The molecule has 0 spiro atoms. The number of nitrogens with two attached hydrogens (primary N) is 1. The third-order valence-corrected chi connectivity index (χ3v) is 5.11. The second-order valence-electron chi connectivity index (χ2n) is 5.67. The van der Waals surface area contributed by atoms with Crippen molar-refractivity contribution in [2.45, 2.75) is 71.1 Å². The Bertz CT molecular complexity index is 443. The van der Waals surface area contributed by atoms with Crippen LogP contribution in [-0.2, 0) is 24.1 Å². The molecule has 1 fully saturated rings. The van der Waals surface area contributed by atoms with E-state index in [0.29, 0.717) is 6.10 Å². The summed E-state index contributed by atoms with van der Waals surface area (Å²) in [6, 6.07) is 0.219. The Morgan fingerprint density at radius 1 is 1.48 bits per heavy atom. The normalized spacial score (nSPS) is 20.7. The van der Waals surface area contributed by atoms with Crippen LogP contribution in [0.5, 0.6) is 0 Å².